The highest BCUT2D eigenvalue weighted by atomic mass is 35.5. The number of likely N-dealkylation sites (tertiary alicyclic amines) is 1. The van der Waals surface area contributed by atoms with E-state index in [1.54, 1.807) is 11.8 Å². The van der Waals surface area contributed by atoms with Crippen LogP contribution in [0.2, 0.25) is 5.02 Å². The van der Waals surface area contributed by atoms with Crippen LogP contribution in [0.25, 0.3) is 0 Å². The molecule has 0 spiro atoms. The second-order valence-corrected chi connectivity index (χ2v) is 7.91. The standard InChI is InChI=1S/C17H22ClNO2S/c18-14-5-3-12(4-6-14)16(20)13-7-9-19(10-8-13)17(21)15-2-1-11-22-15/h3-6,13,15-16,20H,1-2,7-11H2. The van der Waals surface area contributed by atoms with E-state index in [-0.39, 0.29) is 11.2 Å². The van der Waals surface area contributed by atoms with E-state index in [4.69, 9.17) is 11.6 Å². The molecule has 120 valence electrons. The Kier molecular flexibility index (Phi) is 5.32. The van der Waals surface area contributed by atoms with Crippen molar-refractivity contribution in [1.29, 1.82) is 0 Å². The predicted octanol–water partition coefficient (Wildman–Crippen LogP) is 3.51. The van der Waals surface area contributed by atoms with Gasteiger partial charge in [-0.25, -0.2) is 0 Å². The normalized spacial score (nSPS) is 24.5. The number of thioether (sulfide) groups is 1. The summed E-state index contributed by atoms with van der Waals surface area (Å²) in [5.41, 5.74) is 0.917. The molecule has 0 bridgehead atoms. The van der Waals surface area contributed by atoms with E-state index in [1.807, 2.05) is 29.2 Å². The van der Waals surface area contributed by atoms with Crippen LogP contribution < -0.4 is 0 Å². The number of benzene rings is 1. The molecule has 22 heavy (non-hydrogen) atoms. The van der Waals surface area contributed by atoms with E-state index in [2.05, 4.69) is 0 Å². The molecule has 1 aromatic rings. The lowest BCUT2D eigenvalue weighted by atomic mass is 9.87. The lowest BCUT2D eigenvalue weighted by Gasteiger charge is -2.35. The number of hydrogen-bond acceptors (Lipinski definition) is 3. The molecule has 2 aliphatic heterocycles. The van der Waals surface area contributed by atoms with E-state index in [9.17, 15) is 9.90 Å². The monoisotopic (exact) mass is 339 g/mol. The Morgan fingerprint density at radius 1 is 1.23 bits per heavy atom. The molecule has 2 heterocycles. The molecule has 2 atom stereocenters. The maximum absolute atomic E-state index is 12.4. The van der Waals surface area contributed by atoms with E-state index < -0.39 is 6.10 Å². The minimum absolute atomic E-state index is 0.178. The van der Waals surface area contributed by atoms with Gasteiger partial charge in [-0.3, -0.25) is 4.79 Å². The van der Waals surface area contributed by atoms with Crippen LogP contribution in [-0.4, -0.2) is 40.0 Å². The Morgan fingerprint density at radius 2 is 1.91 bits per heavy atom. The summed E-state index contributed by atoms with van der Waals surface area (Å²) in [6.07, 6.45) is 3.46. The fraction of sp³-hybridized carbons (Fsp3) is 0.588. The summed E-state index contributed by atoms with van der Waals surface area (Å²) in [7, 11) is 0. The maximum Gasteiger partial charge on any atom is 0.235 e. The number of aliphatic hydroxyl groups excluding tert-OH is 1. The van der Waals surface area contributed by atoms with Crippen molar-refractivity contribution in [2.45, 2.75) is 37.0 Å². The van der Waals surface area contributed by atoms with Gasteiger partial charge in [0.25, 0.3) is 0 Å². The quantitative estimate of drug-likeness (QED) is 0.916. The minimum atomic E-state index is -0.463. The van der Waals surface area contributed by atoms with Gasteiger partial charge in [-0.15, -0.1) is 11.8 Å². The van der Waals surface area contributed by atoms with Crippen LogP contribution in [0.3, 0.4) is 0 Å². The number of halogens is 1. The Morgan fingerprint density at radius 3 is 2.50 bits per heavy atom. The SMILES string of the molecule is O=C(C1CCCS1)N1CCC(C(O)c2ccc(Cl)cc2)CC1. The topological polar surface area (TPSA) is 40.5 Å². The average Bonchev–Trinajstić information content (AvgIpc) is 3.09. The molecule has 3 rings (SSSR count). The van der Waals surface area contributed by atoms with E-state index in [0.29, 0.717) is 10.9 Å². The highest BCUT2D eigenvalue weighted by Crippen LogP contribution is 2.33. The van der Waals surface area contributed by atoms with Crippen molar-refractivity contribution in [3.63, 3.8) is 0 Å². The predicted molar refractivity (Wildman–Crippen MR) is 91.2 cm³/mol. The number of hydrogen-bond donors (Lipinski definition) is 1. The molecule has 2 unspecified atom stereocenters. The van der Waals surface area contributed by atoms with Gasteiger partial charge < -0.3 is 10.0 Å². The molecular weight excluding hydrogens is 318 g/mol. The van der Waals surface area contributed by atoms with Gasteiger partial charge in [0.15, 0.2) is 0 Å². The summed E-state index contributed by atoms with van der Waals surface area (Å²) in [6, 6.07) is 7.41. The van der Waals surface area contributed by atoms with E-state index in [1.165, 1.54) is 0 Å². The van der Waals surface area contributed by atoms with Gasteiger partial charge in [0, 0.05) is 18.1 Å². The Labute approximate surface area is 141 Å². The third-order valence-corrected chi connectivity index (χ3v) is 6.33. The van der Waals surface area contributed by atoms with Gasteiger partial charge in [-0.2, -0.15) is 0 Å². The first-order chi connectivity index (χ1) is 10.6. The summed E-state index contributed by atoms with van der Waals surface area (Å²) >= 11 is 7.69. The fourth-order valence-electron chi connectivity index (χ4n) is 3.34. The smallest absolute Gasteiger partial charge is 0.235 e. The molecule has 0 radical (unpaired) electrons. The lowest BCUT2D eigenvalue weighted by molar-refractivity contribution is -0.132. The fourth-order valence-corrected chi connectivity index (χ4v) is 4.71. The van der Waals surface area contributed by atoms with Gasteiger partial charge in [-0.05, 0) is 55.1 Å². The average molecular weight is 340 g/mol. The number of carbonyl (C=O) groups excluding carboxylic acids is 1. The third kappa shape index (κ3) is 3.61. The molecular formula is C17H22ClNO2S. The van der Waals surface area contributed by atoms with Crippen molar-refractivity contribution in [3.8, 4) is 0 Å². The van der Waals surface area contributed by atoms with E-state index >= 15 is 0 Å². The molecule has 5 heteroatoms. The minimum Gasteiger partial charge on any atom is -0.388 e. The van der Waals surface area contributed by atoms with Crippen LogP contribution in [0.1, 0.15) is 37.4 Å². The first kappa shape index (κ1) is 16.2. The van der Waals surface area contributed by atoms with Crippen LogP contribution in [-0.2, 0) is 4.79 Å². The van der Waals surface area contributed by atoms with Crippen LogP contribution >= 0.6 is 23.4 Å². The third-order valence-electron chi connectivity index (χ3n) is 4.71. The van der Waals surface area contributed by atoms with Crippen LogP contribution in [0.4, 0.5) is 0 Å². The molecule has 2 saturated heterocycles. The van der Waals surface area contributed by atoms with Gasteiger partial charge in [0.05, 0.1) is 11.4 Å². The summed E-state index contributed by atoms with van der Waals surface area (Å²) in [6.45, 7) is 1.54. The molecule has 0 saturated carbocycles. The Balaban J connectivity index is 1.54. The number of piperidine rings is 1. The van der Waals surface area contributed by atoms with Crippen molar-refractivity contribution >= 4 is 29.3 Å². The molecule has 3 nitrogen and oxygen atoms in total. The number of rotatable bonds is 3. The van der Waals surface area contributed by atoms with Gasteiger partial charge in [0.1, 0.15) is 0 Å². The summed E-state index contributed by atoms with van der Waals surface area (Å²) in [5, 5.41) is 11.4. The van der Waals surface area contributed by atoms with Crippen LogP contribution in [0.5, 0.6) is 0 Å². The molecule has 1 amide bonds. The highest BCUT2D eigenvalue weighted by molar-refractivity contribution is 8.00. The zero-order valence-electron chi connectivity index (χ0n) is 12.6. The van der Waals surface area contributed by atoms with Crippen molar-refractivity contribution in [2.24, 2.45) is 5.92 Å². The number of aliphatic hydroxyl groups is 1. The van der Waals surface area contributed by atoms with E-state index in [0.717, 1.165) is 50.1 Å². The molecule has 2 aliphatic rings. The number of carbonyl (C=O) groups is 1. The molecule has 1 aromatic carbocycles. The van der Waals surface area contributed by atoms with Gasteiger partial charge >= 0.3 is 0 Å². The largest absolute Gasteiger partial charge is 0.388 e. The Hall–Kier alpha value is -0.710. The van der Waals surface area contributed by atoms with Crippen LogP contribution in [0.15, 0.2) is 24.3 Å². The first-order valence-electron chi connectivity index (χ1n) is 7.99. The second-order valence-electron chi connectivity index (χ2n) is 6.16. The maximum atomic E-state index is 12.4. The van der Waals surface area contributed by atoms with Crippen LogP contribution in [0, 0.1) is 5.92 Å². The van der Waals surface area contributed by atoms with Crippen molar-refractivity contribution in [1.82, 2.24) is 4.90 Å². The number of amides is 1. The summed E-state index contributed by atoms with van der Waals surface area (Å²) < 4.78 is 0. The lowest BCUT2D eigenvalue weighted by Crippen LogP contribution is -2.43. The second kappa shape index (κ2) is 7.24. The zero-order chi connectivity index (χ0) is 15.5. The number of nitrogens with zero attached hydrogens (tertiary/aromatic N) is 1. The molecule has 0 aromatic heterocycles. The van der Waals surface area contributed by atoms with Gasteiger partial charge in [-0.1, -0.05) is 23.7 Å². The summed E-state index contributed by atoms with van der Waals surface area (Å²) in [5.74, 6) is 1.64. The first-order valence-corrected chi connectivity index (χ1v) is 9.42. The molecule has 1 N–H and O–H groups in total. The van der Waals surface area contributed by atoms with Crippen molar-refractivity contribution < 1.29 is 9.90 Å². The van der Waals surface area contributed by atoms with Crippen molar-refractivity contribution in [3.05, 3.63) is 34.9 Å². The highest BCUT2D eigenvalue weighted by Gasteiger charge is 2.32. The Bertz CT molecular complexity index is 508. The molecule has 2 fully saturated rings. The molecule has 0 aliphatic carbocycles. The van der Waals surface area contributed by atoms with Crippen molar-refractivity contribution in [2.75, 3.05) is 18.8 Å². The summed E-state index contributed by atoms with van der Waals surface area (Å²) in [4.78, 5) is 14.4. The van der Waals surface area contributed by atoms with Gasteiger partial charge in [0.2, 0.25) is 5.91 Å². The zero-order valence-corrected chi connectivity index (χ0v) is 14.2.